The molecule has 1 N–H and O–H groups in total. The number of aromatic nitrogens is 2. The minimum Gasteiger partial charge on any atom is -0.477 e. The van der Waals surface area contributed by atoms with Gasteiger partial charge in [0.05, 0.1) is 19.1 Å². The van der Waals surface area contributed by atoms with E-state index < -0.39 is 12.1 Å². The van der Waals surface area contributed by atoms with Crippen molar-refractivity contribution in [2.24, 2.45) is 0 Å². The fourth-order valence-electron chi connectivity index (χ4n) is 0.915. The Labute approximate surface area is 68.7 Å². The molecule has 12 heavy (non-hydrogen) atoms. The summed E-state index contributed by atoms with van der Waals surface area (Å²) < 4.78 is 13.7. The van der Waals surface area contributed by atoms with Crippen molar-refractivity contribution >= 4 is 5.97 Å². The summed E-state index contributed by atoms with van der Waals surface area (Å²) in [5, 5.41) is 8.58. The minimum absolute atomic E-state index is 0.0134. The van der Waals surface area contributed by atoms with Gasteiger partial charge in [0.1, 0.15) is 11.9 Å². The Balaban J connectivity index is 2.84. The number of alkyl halides is 1. The van der Waals surface area contributed by atoms with Crippen molar-refractivity contribution in [3.63, 3.8) is 0 Å². The van der Waals surface area contributed by atoms with Gasteiger partial charge in [0.25, 0.3) is 0 Å². The van der Waals surface area contributed by atoms with E-state index in [2.05, 4.69) is 4.98 Å². The van der Waals surface area contributed by atoms with E-state index in [0.29, 0.717) is 0 Å². The second kappa shape index (κ2) is 3.34. The van der Waals surface area contributed by atoms with Crippen LogP contribution in [-0.4, -0.2) is 26.8 Å². The van der Waals surface area contributed by atoms with Crippen molar-refractivity contribution in [1.82, 2.24) is 9.55 Å². The molecule has 0 bridgehead atoms. The van der Waals surface area contributed by atoms with Gasteiger partial charge in [-0.2, -0.15) is 0 Å². The van der Waals surface area contributed by atoms with Crippen molar-refractivity contribution in [3.8, 4) is 0 Å². The van der Waals surface area contributed by atoms with Gasteiger partial charge in [-0.1, -0.05) is 0 Å². The van der Waals surface area contributed by atoms with Crippen LogP contribution in [0.4, 0.5) is 4.39 Å². The quantitative estimate of drug-likeness (QED) is 0.738. The Kier molecular flexibility index (Phi) is 2.42. The monoisotopic (exact) mass is 172 g/mol. The van der Waals surface area contributed by atoms with Crippen molar-refractivity contribution in [1.29, 1.82) is 0 Å². The lowest BCUT2D eigenvalue weighted by Crippen LogP contribution is -2.12. The molecule has 1 rings (SSSR count). The fourth-order valence-corrected chi connectivity index (χ4v) is 0.915. The van der Waals surface area contributed by atoms with E-state index in [1.54, 1.807) is 0 Å². The predicted molar refractivity (Wildman–Crippen MR) is 39.8 cm³/mol. The lowest BCUT2D eigenvalue weighted by Gasteiger charge is -2.04. The molecular weight excluding hydrogens is 163 g/mol. The maximum Gasteiger partial charge on any atom is 0.354 e. The summed E-state index contributed by atoms with van der Waals surface area (Å²) in [7, 11) is 0. The average Bonchev–Trinajstić information content (AvgIpc) is 2.33. The van der Waals surface area contributed by atoms with Crippen molar-refractivity contribution in [3.05, 3.63) is 18.2 Å². The highest BCUT2D eigenvalue weighted by molar-refractivity contribution is 5.85. The molecule has 0 saturated carbocycles. The molecule has 0 aromatic carbocycles. The first-order valence-electron chi connectivity index (χ1n) is 3.48. The van der Waals surface area contributed by atoms with Crippen LogP contribution in [0.2, 0.25) is 0 Å². The van der Waals surface area contributed by atoms with Crippen LogP contribution in [0.1, 0.15) is 17.4 Å². The van der Waals surface area contributed by atoms with E-state index >= 15 is 0 Å². The number of carboxylic acid groups (broad SMARTS) is 1. The van der Waals surface area contributed by atoms with Gasteiger partial charge in [0.2, 0.25) is 0 Å². The highest BCUT2D eigenvalue weighted by atomic mass is 19.1. The Morgan fingerprint density at radius 1 is 1.92 bits per heavy atom. The predicted octanol–water partition coefficient (Wildman–Crippen LogP) is 0.939. The van der Waals surface area contributed by atoms with Gasteiger partial charge in [-0.25, -0.2) is 14.2 Å². The molecule has 1 atom stereocenters. The molecule has 0 spiro atoms. The standard InChI is InChI=1S/C7H9FN2O2/c1-5(8)3-10-4-9-2-6(10)7(11)12/h2,4-5H,3H2,1H3,(H,11,12). The van der Waals surface area contributed by atoms with E-state index in [0.717, 1.165) is 0 Å². The molecule has 5 heteroatoms. The normalized spacial score (nSPS) is 12.8. The van der Waals surface area contributed by atoms with Crippen molar-refractivity contribution in [2.45, 2.75) is 19.6 Å². The molecule has 0 aliphatic rings. The van der Waals surface area contributed by atoms with Crippen LogP contribution in [0, 0.1) is 0 Å². The van der Waals surface area contributed by atoms with Crippen molar-refractivity contribution in [2.75, 3.05) is 0 Å². The highest BCUT2D eigenvalue weighted by Crippen LogP contribution is 2.02. The van der Waals surface area contributed by atoms with Gasteiger partial charge in [-0.15, -0.1) is 0 Å². The largest absolute Gasteiger partial charge is 0.477 e. The second-order valence-electron chi connectivity index (χ2n) is 2.52. The van der Waals surface area contributed by atoms with Gasteiger partial charge >= 0.3 is 5.97 Å². The van der Waals surface area contributed by atoms with Crippen LogP contribution < -0.4 is 0 Å². The van der Waals surface area contributed by atoms with Gasteiger partial charge in [-0.05, 0) is 6.92 Å². The molecule has 1 unspecified atom stereocenters. The average molecular weight is 172 g/mol. The first-order valence-corrected chi connectivity index (χ1v) is 3.48. The zero-order chi connectivity index (χ0) is 9.14. The van der Waals surface area contributed by atoms with Gasteiger partial charge < -0.3 is 9.67 Å². The molecule has 0 fully saturated rings. The van der Waals surface area contributed by atoms with E-state index in [1.165, 1.54) is 24.0 Å². The number of hydrogen-bond donors (Lipinski definition) is 1. The third kappa shape index (κ3) is 1.81. The number of hydrogen-bond acceptors (Lipinski definition) is 2. The zero-order valence-electron chi connectivity index (χ0n) is 6.57. The third-order valence-corrected chi connectivity index (χ3v) is 1.38. The van der Waals surface area contributed by atoms with E-state index in [1.807, 2.05) is 0 Å². The van der Waals surface area contributed by atoms with Crippen molar-refractivity contribution < 1.29 is 14.3 Å². The number of carboxylic acids is 1. The summed E-state index contributed by atoms with van der Waals surface area (Å²) in [6.07, 6.45) is 1.43. The molecule has 0 aliphatic heterocycles. The lowest BCUT2D eigenvalue weighted by atomic mass is 10.4. The Morgan fingerprint density at radius 2 is 2.58 bits per heavy atom. The maximum atomic E-state index is 12.5. The minimum atomic E-state index is -1.09. The number of carbonyl (C=O) groups is 1. The Hall–Kier alpha value is -1.39. The first kappa shape index (κ1) is 8.70. The topological polar surface area (TPSA) is 55.1 Å². The van der Waals surface area contributed by atoms with Gasteiger partial charge in [0, 0.05) is 0 Å². The van der Waals surface area contributed by atoms with Crippen LogP contribution >= 0.6 is 0 Å². The SMILES string of the molecule is CC(F)Cn1cncc1C(=O)O. The molecule has 4 nitrogen and oxygen atoms in total. The fraction of sp³-hybridized carbons (Fsp3) is 0.429. The summed E-state index contributed by atoms with van der Waals surface area (Å²) in [4.78, 5) is 14.1. The third-order valence-electron chi connectivity index (χ3n) is 1.38. The maximum absolute atomic E-state index is 12.5. The molecule has 0 radical (unpaired) electrons. The van der Waals surface area contributed by atoms with Crippen LogP contribution in [0.25, 0.3) is 0 Å². The Bertz CT molecular complexity index is 283. The van der Waals surface area contributed by atoms with Crippen LogP contribution in [0.5, 0.6) is 0 Å². The number of nitrogens with zero attached hydrogens (tertiary/aromatic N) is 2. The zero-order valence-corrected chi connectivity index (χ0v) is 6.57. The summed E-state index contributed by atoms with van der Waals surface area (Å²) in [5.41, 5.74) is 0.0134. The molecule has 1 aromatic heterocycles. The van der Waals surface area contributed by atoms with Gasteiger partial charge in [0.15, 0.2) is 0 Å². The Morgan fingerprint density at radius 3 is 3.08 bits per heavy atom. The molecule has 1 aromatic rings. The summed E-state index contributed by atoms with van der Waals surface area (Å²) in [6.45, 7) is 1.40. The van der Waals surface area contributed by atoms with E-state index in [-0.39, 0.29) is 12.2 Å². The first-order chi connectivity index (χ1) is 5.61. The second-order valence-corrected chi connectivity index (χ2v) is 2.52. The summed E-state index contributed by atoms with van der Waals surface area (Å²) in [5.74, 6) is -1.09. The van der Waals surface area contributed by atoms with Crippen LogP contribution in [-0.2, 0) is 6.54 Å². The number of halogens is 1. The number of aromatic carboxylic acids is 1. The molecular formula is C7H9FN2O2. The smallest absolute Gasteiger partial charge is 0.354 e. The molecule has 0 saturated heterocycles. The molecule has 1 heterocycles. The van der Waals surface area contributed by atoms with Crippen LogP contribution in [0.3, 0.4) is 0 Å². The molecule has 0 amide bonds. The highest BCUT2D eigenvalue weighted by Gasteiger charge is 2.11. The van der Waals surface area contributed by atoms with E-state index in [4.69, 9.17) is 5.11 Å². The van der Waals surface area contributed by atoms with Crippen LogP contribution in [0.15, 0.2) is 12.5 Å². The summed E-state index contributed by atoms with van der Waals surface area (Å²) >= 11 is 0. The molecule has 0 aliphatic carbocycles. The number of rotatable bonds is 3. The van der Waals surface area contributed by atoms with Gasteiger partial charge in [-0.3, -0.25) is 0 Å². The van der Waals surface area contributed by atoms with E-state index in [9.17, 15) is 9.18 Å². The summed E-state index contributed by atoms with van der Waals surface area (Å²) in [6, 6.07) is 0. The lowest BCUT2D eigenvalue weighted by molar-refractivity contribution is 0.0683. The molecule has 66 valence electrons. The number of imidazole rings is 1.